The van der Waals surface area contributed by atoms with E-state index < -0.39 is 0 Å². The summed E-state index contributed by atoms with van der Waals surface area (Å²) >= 11 is 1.91. The third-order valence-corrected chi connectivity index (χ3v) is 2.12. The molecule has 0 rings (SSSR count). The zero-order valence-corrected chi connectivity index (χ0v) is 8.13. The van der Waals surface area contributed by atoms with Gasteiger partial charge in [-0.3, -0.25) is 0 Å². The van der Waals surface area contributed by atoms with E-state index in [2.05, 4.69) is 20.1 Å². The Bertz CT molecular complexity index is 75.8. The van der Waals surface area contributed by atoms with Crippen molar-refractivity contribution in [3.8, 4) is 0 Å². The third kappa shape index (κ3) is 8.31. The molecule has 0 atom stereocenters. The summed E-state index contributed by atoms with van der Waals surface area (Å²) in [6.45, 7) is 4.18. The molecule has 0 fully saturated rings. The molecule has 2 N–H and O–H groups in total. The predicted molar refractivity (Wildman–Crippen MR) is 50.5 cm³/mol. The van der Waals surface area contributed by atoms with Crippen LogP contribution in [0.5, 0.6) is 0 Å². The zero-order chi connectivity index (χ0) is 8.04. The first kappa shape index (κ1) is 10.3. The summed E-state index contributed by atoms with van der Waals surface area (Å²) in [7, 11) is 0. The van der Waals surface area contributed by atoms with Crippen LogP contribution in [0.25, 0.3) is 0 Å². The van der Waals surface area contributed by atoms with Gasteiger partial charge in [-0.2, -0.15) is 11.8 Å². The van der Waals surface area contributed by atoms with Crippen LogP contribution in [0, 0.1) is 0 Å². The van der Waals surface area contributed by atoms with Crippen molar-refractivity contribution in [3.63, 3.8) is 0 Å². The van der Waals surface area contributed by atoms with Crippen molar-refractivity contribution in [1.29, 1.82) is 0 Å². The van der Waals surface area contributed by atoms with Crippen molar-refractivity contribution in [2.75, 3.05) is 12.0 Å². The van der Waals surface area contributed by atoms with E-state index in [0.717, 1.165) is 6.42 Å². The lowest BCUT2D eigenvalue weighted by molar-refractivity contribution is 0.457. The molecule has 0 bridgehead atoms. The van der Waals surface area contributed by atoms with E-state index in [1.807, 2.05) is 11.8 Å². The van der Waals surface area contributed by atoms with Gasteiger partial charge in [0.25, 0.3) is 0 Å². The second kappa shape index (κ2) is 5.03. The summed E-state index contributed by atoms with van der Waals surface area (Å²) in [5.74, 6) is 1.27. The lowest BCUT2D eigenvalue weighted by Gasteiger charge is -2.17. The molecule has 0 radical (unpaired) electrons. The van der Waals surface area contributed by atoms with Crippen LogP contribution in [0.1, 0.15) is 33.1 Å². The predicted octanol–water partition coefficient (Wildman–Crippen LogP) is 2.26. The lowest BCUT2D eigenvalue weighted by Crippen LogP contribution is -2.31. The Balaban J connectivity index is 3.04. The molecule has 0 spiro atoms. The Kier molecular flexibility index (Phi) is 5.18. The van der Waals surface area contributed by atoms with E-state index in [-0.39, 0.29) is 5.54 Å². The van der Waals surface area contributed by atoms with E-state index in [1.54, 1.807) is 0 Å². The molecule has 0 aromatic heterocycles. The van der Waals surface area contributed by atoms with Crippen LogP contribution in [0.4, 0.5) is 0 Å². The van der Waals surface area contributed by atoms with E-state index in [9.17, 15) is 0 Å². The summed E-state index contributed by atoms with van der Waals surface area (Å²) < 4.78 is 0. The molecule has 0 aliphatic rings. The SMILES string of the molecule is CSCCCCC(C)(C)N. The molecule has 0 aromatic carbocycles. The largest absolute Gasteiger partial charge is 0.326 e. The van der Waals surface area contributed by atoms with Gasteiger partial charge in [0.1, 0.15) is 0 Å². The average molecular weight is 161 g/mol. The second-order valence-corrected chi connectivity index (χ2v) is 4.42. The molecule has 0 aliphatic carbocycles. The van der Waals surface area contributed by atoms with Crippen LogP contribution in [0.3, 0.4) is 0 Å². The Morgan fingerprint density at radius 2 is 1.90 bits per heavy atom. The molecule has 2 heteroatoms. The third-order valence-electron chi connectivity index (χ3n) is 1.42. The quantitative estimate of drug-likeness (QED) is 0.626. The first-order chi connectivity index (χ1) is 4.56. The van der Waals surface area contributed by atoms with Crippen molar-refractivity contribution < 1.29 is 0 Å². The molecular weight excluding hydrogens is 142 g/mol. The van der Waals surface area contributed by atoms with Crippen LogP contribution >= 0.6 is 11.8 Å². The smallest absolute Gasteiger partial charge is 0.00970 e. The number of rotatable bonds is 5. The van der Waals surface area contributed by atoms with Gasteiger partial charge in [-0.25, -0.2) is 0 Å². The average Bonchev–Trinajstić information content (AvgIpc) is 1.78. The summed E-state index contributed by atoms with van der Waals surface area (Å²) in [5.41, 5.74) is 5.85. The van der Waals surface area contributed by atoms with Gasteiger partial charge < -0.3 is 5.73 Å². The highest BCUT2D eigenvalue weighted by atomic mass is 32.2. The molecule has 0 unspecified atom stereocenters. The number of unbranched alkanes of at least 4 members (excludes halogenated alkanes) is 1. The van der Waals surface area contributed by atoms with Gasteiger partial charge in [0.15, 0.2) is 0 Å². The van der Waals surface area contributed by atoms with Crippen LogP contribution in [-0.2, 0) is 0 Å². The van der Waals surface area contributed by atoms with E-state index in [0.29, 0.717) is 0 Å². The highest BCUT2D eigenvalue weighted by Crippen LogP contribution is 2.10. The van der Waals surface area contributed by atoms with Crippen molar-refractivity contribution in [2.24, 2.45) is 5.73 Å². The normalized spacial score (nSPS) is 12.0. The maximum absolute atomic E-state index is 5.81. The van der Waals surface area contributed by atoms with E-state index >= 15 is 0 Å². The summed E-state index contributed by atoms with van der Waals surface area (Å²) in [6, 6.07) is 0. The maximum atomic E-state index is 5.81. The van der Waals surface area contributed by atoms with Crippen LogP contribution in [-0.4, -0.2) is 17.5 Å². The standard InChI is InChI=1S/C8H19NS/c1-8(2,9)6-4-5-7-10-3/h4-7,9H2,1-3H3. The molecule has 1 nitrogen and oxygen atoms in total. The monoisotopic (exact) mass is 161 g/mol. The van der Waals surface area contributed by atoms with Gasteiger partial charge >= 0.3 is 0 Å². The topological polar surface area (TPSA) is 26.0 Å². The van der Waals surface area contributed by atoms with Gasteiger partial charge in [0.05, 0.1) is 0 Å². The number of hydrogen-bond acceptors (Lipinski definition) is 2. The van der Waals surface area contributed by atoms with Gasteiger partial charge in [-0.1, -0.05) is 6.42 Å². The molecule has 0 saturated heterocycles. The van der Waals surface area contributed by atoms with Gasteiger partial charge in [0, 0.05) is 5.54 Å². The maximum Gasteiger partial charge on any atom is 0.00970 e. The fraction of sp³-hybridized carbons (Fsp3) is 1.00. The minimum atomic E-state index is 0.0401. The van der Waals surface area contributed by atoms with Crippen LogP contribution in [0.15, 0.2) is 0 Å². The summed E-state index contributed by atoms with van der Waals surface area (Å²) in [6.07, 6.45) is 5.87. The number of nitrogens with two attached hydrogens (primary N) is 1. The Hall–Kier alpha value is 0.310. The fourth-order valence-electron chi connectivity index (χ4n) is 0.827. The highest BCUT2D eigenvalue weighted by molar-refractivity contribution is 7.98. The minimum Gasteiger partial charge on any atom is -0.326 e. The molecule has 0 aromatic rings. The van der Waals surface area contributed by atoms with E-state index in [1.165, 1.54) is 18.6 Å². The number of hydrogen-bond donors (Lipinski definition) is 1. The highest BCUT2D eigenvalue weighted by Gasteiger charge is 2.08. The van der Waals surface area contributed by atoms with Crippen LogP contribution in [0.2, 0.25) is 0 Å². The van der Waals surface area contributed by atoms with Crippen molar-refractivity contribution in [3.05, 3.63) is 0 Å². The van der Waals surface area contributed by atoms with Crippen molar-refractivity contribution >= 4 is 11.8 Å². The Labute approximate surface area is 68.8 Å². The van der Waals surface area contributed by atoms with Gasteiger partial charge in [-0.15, -0.1) is 0 Å². The number of thioether (sulfide) groups is 1. The van der Waals surface area contributed by atoms with Crippen LogP contribution < -0.4 is 5.73 Å². The second-order valence-electron chi connectivity index (χ2n) is 3.44. The first-order valence-electron chi connectivity index (χ1n) is 3.84. The molecular formula is C8H19NS. The Morgan fingerprint density at radius 1 is 1.30 bits per heavy atom. The van der Waals surface area contributed by atoms with Gasteiger partial charge in [-0.05, 0) is 38.7 Å². The first-order valence-corrected chi connectivity index (χ1v) is 5.23. The van der Waals surface area contributed by atoms with Crippen molar-refractivity contribution in [1.82, 2.24) is 0 Å². The van der Waals surface area contributed by atoms with Gasteiger partial charge in [0.2, 0.25) is 0 Å². The molecule has 0 aliphatic heterocycles. The molecule has 10 heavy (non-hydrogen) atoms. The lowest BCUT2D eigenvalue weighted by atomic mass is 9.99. The minimum absolute atomic E-state index is 0.0401. The molecule has 62 valence electrons. The zero-order valence-electron chi connectivity index (χ0n) is 7.31. The fourth-order valence-corrected chi connectivity index (χ4v) is 1.32. The molecule has 0 saturated carbocycles. The van der Waals surface area contributed by atoms with Crippen molar-refractivity contribution in [2.45, 2.75) is 38.6 Å². The summed E-state index contributed by atoms with van der Waals surface area (Å²) in [5, 5.41) is 0. The molecule has 0 heterocycles. The summed E-state index contributed by atoms with van der Waals surface area (Å²) in [4.78, 5) is 0. The van der Waals surface area contributed by atoms with E-state index in [4.69, 9.17) is 5.73 Å². The Morgan fingerprint density at radius 3 is 2.30 bits per heavy atom. The molecule has 0 amide bonds.